The molecule has 0 bridgehead atoms. The highest BCUT2D eigenvalue weighted by atomic mass is 32.1. The predicted octanol–water partition coefficient (Wildman–Crippen LogP) is 4.58. The topological polar surface area (TPSA) is 113 Å². The van der Waals surface area contributed by atoms with Gasteiger partial charge in [0.25, 0.3) is 11.6 Å². The SMILES string of the molecule is Cc1cc(/C=N\NC(=O)c2cccc([N+](=O)[O-])c2)c(C)n1-c1sc2c(c1C#N)CCCC2. The van der Waals surface area contributed by atoms with Crippen LogP contribution in [0.15, 0.2) is 35.4 Å². The Kier molecular flexibility index (Phi) is 5.88. The average molecular weight is 448 g/mol. The molecule has 1 amide bonds. The van der Waals surface area contributed by atoms with Gasteiger partial charge in [0, 0.05) is 39.5 Å². The number of nitro groups is 1. The maximum Gasteiger partial charge on any atom is 0.271 e. The normalized spacial score (nSPS) is 13.0. The average Bonchev–Trinajstić information content (AvgIpc) is 3.29. The maximum atomic E-state index is 12.3. The van der Waals surface area contributed by atoms with E-state index >= 15 is 0 Å². The molecule has 0 unspecified atom stereocenters. The number of fused-ring (bicyclic) bond motifs is 1. The van der Waals surface area contributed by atoms with Crippen LogP contribution in [0.5, 0.6) is 0 Å². The molecule has 1 aliphatic rings. The highest BCUT2D eigenvalue weighted by Crippen LogP contribution is 2.38. The van der Waals surface area contributed by atoms with E-state index in [-0.39, 0.29) is 11.3 Å². The quantitative estimate of drug-likeness (QED) is 0.350. The van der Waals surface area contributed by atoms with Gasteiger partial charge < -0.3 is 4.57 Å². The van der Waals surface area contributed by atoms with E-state index in [0.717, 1.165) is 53.2 Å². The van der Waals surface area contributed by atoms with Crippen LogP contribution in [-0.2, 0) is 12.8 Å². The largest absolute Gasteiger partial charge is 0.308 e. The number of nitrogens with zero attached hydrogens (tertiary/aromatic N) is 4. The number of aryl methyl sites for hydroxylation is 2. The number of rotatable bonds is 5. The Morgan fingerprint density at radius 3 is 2.84 bits per heavy atom. The number of non-ortho nitro benzene ring substituents is 1. The number of nitriles is 1. The summed E-state index contributed by atoms with van der Waals surface area (Å²) in [6, 6.07) is 9.84. The van der Waals surface area contributed by atoms with E-state index in [0.29, 0.717) is 0 Å². The first-order chi connectivity index (χ1) is 15.4. The van der Waals surface area contributed by atoms with Crippen molar-refractivity contribution in [3.8, 4) is 11.1 Å². The second kappa shape index (κ2) is 8.77. The second-order valence-corrected chi connectivity index (χ2v) is 8.75. The molecule has 0 radical (unpaired) electrons. The van der Waals surface area contributed by atoms with E-state index in [1.165, 1.54) is 34.7 Å². The summed E-state index contributed by atoms with van der Waals surface area (Å²) in [5.41, 5.74) is 7.08. The molecule has 2 aromatic heterocycles. The van der Waals surface area contributed by atoms with Crippen molar-refractivity contribution < 1.29 is 9.72 Å². The summed E-state index contributed by atoms with van der Waals surface area (Å²) < 4.78 is 2.07. The van der Waals surface area contributed by atoms with Crippen LogP contribution in [0.25, 0.3) is 5.00 Å². The molecule has 2 heterocycles. The molecule has 1 aliphatic carbocycles. The number of carbonyl (C=O) groups is 1. The molecule has 0 fully saturated rings. The van der Waals surface area contributed by atoms with E-state index < -0.39 is 10.8 Å². The van der Waals surface area contributed by atoms with Gasteiger partial charge in [-0.25, -0.2) is 5.43 Å². The van der Waals surface area contributed by atoms with Crippen LogP contribution in [0.2, 0.25) is 0 Å². The number of hydrogen-bond acceptors (Lipinski definition) is 6. The van der Waals surface area contributed by atoms with Gasteiger partial charge in [-0.2, -0.15) is 10.4 Å². The molecule has 32 heavy (non-hydrogen) atoms. The molecule has 8 nitrogen and oxygen atoms in total. The lowest BCUT2D eigenvalue weighted by molar-refractivity contribution is -0.384. The minimum atomic E-state index is -0.549. The lowest BCUT2D eigenvalue weighted by atomic mass is 9.96. The smallest absolute Gasteiger partial charge is 0.271 e. The Morgan fingerprint density at radius 1 is 1.31 bits per heavy atom. The van der Waals surface area contributed by atoms with Gasteiger partial charge in [-0.05, 0) is 57.2 Å². The number of hydrazone groups is 1. The van der Waals surface area contributed by atoms with Gasteiger partial charge in [0.15, 0.2) is 0 Å². The van der Waals surface area contributed by atoms with Crippen molar-refractivity contribution >= 4 is 29.1 Å². The van der Waals surface area contributed by atoms with Crippen LogP contribution in [0, 0.1) is 35.3 Å². The summed E-state index contributed by atoms with van der Waals surface area (Å²) in [7, 11) is 0. The fourth-order valence-electron chi connectivity index (χ4n) is 4.04. The third-order valence-corrected chi connectivity index (χ3v) is 6.90. The van der Waals surface area contributed by atoms with Crippen molar-refractivity contribution in [1.82, 2.24) is 9.99 Å². The molecule has 9 heteroatoms. The number of aromatic nitrogens is 1. The molecule has 0 saturated heterocycles. The fraction of sp³-hybridized carbons (Fsp3) is 0.261. The predicted molar refractivity (Wildman–Crippen MR) is 123 cm³/mol. The zero-order chi connectivity index (χ0) is 22.8. The zero-order valence-corrected chi connectivity index (χ0v) is 18.5. The Morgan fingerprint density at radius 2 is 2.09 bits per heavy atom. The number of thiophene rings is 1. The zero-order valence-electron chi connectivity index (χ0n) is 17.7. The van der Waals surface area contributed by atoms with Gasteiger partial charge in [-0.1, -0.05) is 6.07 Å². The highest BCUT2D eigenvalue weighted by molar-refractivity contribution is 7.15. The van der Waals surface area contributed by atoms with E-state index in [2.05, 4.69) is 21.2 Å². The summed E-state index contributed by atoms with van der Waals surface area (Å²) in [5, 5.41) is 25.7. The number of hydrogen-bond donors (Lipinski definition) is 1. The van der Waals surface area contributed by atoms with Crippen LogP contribution < -0.4 is 5.43 Å². The summed E-state index contributed by atoms with van der Waals surface area (Å²) in [5.74, 6) is -0.531. The van der Waals surface area contributed by atoms with E-state index in [1.54, 1.807) is 17.6 Å². The Labute approximate surface area is 189 Å². The van der Waals surface area contributed by atoms with Crippen LogP contribution >= 0.6 is 11.3 Å². The van der Waals surface area contributed by atoms with Gasteiger partial charge >= 0.3 is 0 Å². The molecule has 1 N–H and O–H groups in total. The van der Waals surface area contributed by atoms with Crippen LogP contribution in [-0.4, -0.2) is 21.6 Å². The number of nitro benzene ring substituents is 1. The number of nitrogens with one attached hydrogen (secondary N) is 1. The molecule has 0 saturated carbocycles. The number of carbonyl (C=O) groups excluding carboxylic acids is 1. The Bertz CT molecular complexity index is 1300. The maximum absolute atomic E-state index is 12.3. The standard InChI is InChI=1S/C23H21N5O3S/c1-14-10-17(13-25-26-22(29)16-6-5-7-18(11-16)28(30)31)15(2)27(14)23-20(12-24)19-8-3-4-9-21(19)32-23/h5-7,10-11,13H,3-4,8-9H2,1-2H3,(H,26,29)/b25-13-. The molecule has 3 aromatic rings. The van der Waals surface area contributed by atoms with Crippen molar-refractivity contribution in [1.29, 1.82) is 5.26 Å². The van der Waals surface area contributed by atoms with Crippen LogP contribution in [0.1, 0.15) is 56.2 Å². The van der Waals surface area contributed by atoms with E-state index in [9.17, 15) is 20.2 Å². The van der Waals surface area contributed by atoms with Gasteiger partial charge in [-0.15, -0.1) is 11.3 Å². The molecule has 1 aromatic carbocycles. The molecule has 0 spiro atoms. The monoisotopic (exact) mass is 447 g/mol. The van der Waals surface area contributed by atoms with Crippen molar-refractivity contribution in [3.63, 3.8) is 0 Å². The molecule has 4 rings (SSSR count). The molecular formula is C23H21N5O3S. The van der Waals surface area contributed by atoms with E-state index in [1.807, 2.05) is 19.9 Å². The molecule has 162 valence electrons. The summed E-state index contributed by atoms with van der Waals surface area (Å²) >= 11 is 1.68. The van der Waals surface area contributed by atoms with Crippen LogP contribution in [0.3, 0.4) is 0 Å². The van der Waals surface area contributed by atoms with Gasteiger partial charge in [0.05, 0.1) is 16.7 Å². The first-order valence-corrected chi connectivity index (χ1v) is 11.0. The number of amides is 1. The lowest BCUT2D eigenvalue weighted by Gasteiger charge is -2.10. The van der Waals surface area contributed by atoms with Gasteiger partial charge in [0.1, 0.15) is 11.1 Å². The first-order valence-electron chi connectivity index (χ1n) is 10.2. The van der Waals surface area contributed by atoms with Crippen LogP contribution in [0.4, 0.5) is 5.69 Å². The lowest BCUT2D eigenvalue weighted by Crippen LogP contribution is -2.17. The summed E-state index contributed by atoms with van der Waals surface area (Å²) in [4.78, 5) is 23.9. The van der Waals surface area contributed by atoms with Crippen molar-refractivity contribution in [2.75, 3.05) is 0 Å². The minimum Gasteiger partial charge on any atom is -0.308 e. The number of benzene rings is 1. The van der Waals surface area contributed by atoms with Crippen molar-refractivity contribution in [2.45, 2.75) is 39.5 Å². The van der Waals surface area contributed by atoms with Gasteiger partial charge in [-0.3, -0.25) is 14.9 Å². The minimum absolute atomic E-state index is 0.155. The van der Waals surface area contributed by atoms with Gasteiger partial charge in [0.2, 0.25) is 0 Å². The highest BCUT2D eigenvalue weighted by Gasteiger charge is 2.23. The summed E-state index contributed by atoms with van der Waals surface area (Å²) in [6.07, 6.45) is 5.79. The molecular weight excluding hydrogens is 426 g/mol. The van der Waals surface area contributed by atoms with E-state index in [4.69, 9.17) is 0 Å². The van der Waals surface area contributed by atoms with Crippen molar-refractivity contribution in [3.05, 3.63) is 79.0 Å². The Hall–Kier alpha value is -3.77. The Balaban J connectivity index is 1.58. The molecule has 0 atom stereocenters. The first kappa shape index (κ1) is 21.5. The third kappa shape index (κ3) is 3.92. The summed E-state index contributed by atoms with van der Waals surface area (Å²) in [6.45, 7) is 3.93. The van der Waals surface area contributed by atoms with Crippen molar-refractivity contribution in [2.24, 2.45) is 5.10 Å². The third-order valence-electron chi connectivity index (χ3n) is 5.63. The fourth-order valence-corrected chi connectivity index (χ4v) is 5.49. The second-order valence-electron chi connectivity index (χ2n) is 7.67. The molecule has 0 aliphatic heterocycles.